The Hall–Kier alpha value is -2.30. The van der Waals surface area contributed by atoms with E-state index >= 15 is 0 Å². The molecule has 0 radical (unpaired) electrons. The summed E-state index contributed by atoms with van der Waals surface area (Å²) in [6.45, 7) is 4.89. The van der Waals surface area contributed by atoms with Crippen LogP contribution in [0.15, 0.2) is 42.1 Å². The van der Waals surface area contributed by atoms with E-state index in [9.17, 15) is 4.79 Å². The van der Waals surface area contributed by atoms with Gasteiger partial charge in [0.1, 0.15) is 5.75 Å². The quantitative estimate of drug-likeness (QED) is 0.613. The average Bonchev–Trinajstić information content (AvgIpc) is 3.37. The number of nitrogens with zero attached hydrogens (tertiary/aromatic N) is 2. The van der Waals surface area contributed by atoms with Crippen LogP contribution in [0.5, 0.6) is 5.75 Å². The Balaban J connectivity index is 1.54. The number of hydrogen-bond acceptors (Lipinski definition) is 4. The van der Waals surface area contributed by atoms with Crippen molar-refractivity contribution in [1.29, 1.82) is 0 Å². The van der Waals surface area contributed by atoms with Gasteiger partial charge in [-0.15, -0.1) is 6.58 Å². The van der Waals surface area contributed by atoms with Crippen molar-refractivity contribution in [2.75, 3.05) is 20.2 Å². The summed E-state index contributed by atoms with van der Waals surface area (Å²) in [5.41, 5.74) is 1.82. The van der Waals surface area contributed by atoms with Gasteiger partial charge < -0.3 is 14.5 Å². The Morgan fingerprint density at radius 1 is 1.37 bits per heavy atom. The molecular formula is C22H30N2O3. The summed E-state index contributed by atoms with van der Waals surface area (Å²) in [6.07, 6.45) is 9.12. The number of amides is 1. The topological polar surface area (TPSA) is 51.1 Å². The number of ether oxygens (including phenoxy) is 1. The van der Waals surface area contributed by atoms with E-state index in [-0.39, 0.29) is 12.0 Å². The summed E-state index contributed by atoms with van der Waals surface area (Å²) in [5.74, 6) is 1.70. The largest absolute Gasteiger partial charge is 0.496 e. The molecule has 0 saturated heterocycles. The van der Waals surface area contributed by atoms with Gasteiger partial charge >= 0.3 is 0 Å². The van der Waals surface area contributed by atoms with Gasteiger partial charge in [0.2, 0.25) is 5.91 Å². The fourth-order valence-electron chi connectivity index (χ4n) is 4.03. The van der Waals surface area contributed by atoms with Gasteiger partial charge in [0, 0.05) is 24.9 Å². The predicted octanol–water partition coefficient (Wildman–Crippen LogP) is 4.17. The van der Waals surface area contributed by atoms with Crippen LogP contribution in [0.4, 0.5) is 0 Å². The minimum atomic E-state index is -0.125. The highest BCUT2D eigenvalue weighted by atomic mass is 16.6. The molecule has 1 amide bonds. The number of carbonyl (C=O) groups is 1. The molecule has 5 nitrogen and oxygen atoms in total. The van der Waals surface area contributed by atoms with Gasteiger partial charge in [-0.2, -0.15) is 0 Å². The Bertz CT molecular complexity index is 680. The van der Waals surface area contributed by atoms with E-state index in [2.05, 4.69) is 11.7 Å². The van der Waals surface area contributed by atoms with Crippen molar-refractivity contribution in [2.24, 2.45) is 11.1 Å². The summed E-state index contributed by atoms with van der Waals surface area (Å²) in [5, 5.41) is 4.25. The van der Waals surface area contributed by atoms with Gasteiger partial charge in [0.25, 0.3) is 0 Å². The Morgan fingerprint density at radius 3 is 2.89 bits per heavy atom. The normalized spacial score (nSPS) is 19.4. The number of hydrogen-bond donors (Lipinski definition) is 0. The minimum absolute atomic E-state index is 0.125. The maximum absolute atomic E-state index is 12.7. The van der Waals surface area contributed by atoms with Crippen LogP contribution in [0.25, 0.3) is 0 Å². The van der Waals surface area contributed by atoms with E-state index in [4.69, 9.17) is 9.57 Å². The van der Waals surface area contributed by atoms with Crippen LogP contribution < -0.4 is 4.74 Å². The first-order chi connectivity index (χ1) is 13.2. The number of methoxy groups -OCH3 is 1. The van der Waals surface area contributed by atoms with Crippen molar-refractivity contribution >= 4 is 11.6 Å². The molecule has 2 aliphatic rings. The van der Waals surface area contributed by atoms with Crippen molar-refractivity contribution in [1.82, 2.24) is 4.90 Å². The number of benzene rings is 1. The minimum Gasteiger partial charge on any atom is -0.496 e. The number of carbonyl (C=O) groups excluding carboxylic acids is 1. The van der Waals surface area contributed by atoms with Crippen LogP contribution in [-0.4, -0.2) is 42.8 Å². The molecule has 0 aromatic heterocycles. The van der Waals surface area contributed by atoms with Crippen LogP contribution in [-0.2, 0) is 9.63 Å². The lowest BCUT2D eigenvalue weighted by atomic mass is 10.0. The van der Waals surface area contributed by atoms with Crippen molar-refractivity contribution in [3.05, 3.63) is 42.5 Å². The monoisotopic (exact) mass is 370 g/mol. The molecule has 1 aliphatic heterocycles. The first-order valence-corrected chi connectivity index (χ1v) is 9.96. The molecule has 1 aromatic rings. The highest BCUT2D eigenvalue weighted by Crippen LogP contribution is 2.29. The predicted molar refractivity (Wildman–Crippen MR) is 107 cm³/mol. The summed E-state index contributed by atoms with van der Waals surface area (Å²) in [4.78, 5) is 20.2. The first kappa shape index (κ1) is 19.5. The molecule has 0 bridgehead atoms. The maximum atomic E-state index is 12.7. The molecular weight excluding hydrogens is 340 g/mol. The second-order valence-electron chi connectivity index (χ2n) is 7.45. The second-order valence-corrected chi connectivity index (χ2v) is 7.45. The maximum Gasteiger partial charge on any atom is 0.222 e. The summed E-state index contributed by atoms with van der Waals surface area (Å²) < 4.78 is 5.42. The highest BCUT2D eigenvalue weighted by Gasteiger charge is 2.28. The number of para-hydroxylation sites is 1. The van der Waals surface area contributed by atoms with E-state index in [0.717, 1.165) is 29.4 Å². The number of oxime groups is 1. The zero-order valence-corrected chi connectivity index (χ0v) is 16.2. The molecule has 3 rings (SSSR count). The lowest BCUT2D eigenvalue weighted by Gasteiger charge is -2.24. The Labute approximate surface area is 162 Å². The summed E-state index contributed by atoms with van der Waals surface area (Å²) >= 11 is 0. The fraction of sp³-hybridized carbons (Fsp3) is 0.545. The van der Waals surface area contributed by atoms with Crippen molar-refractivity contribution in [3.63, 3.8) is 0 Å². The van der Waals surface area contributed by atoms with Crippen molar-refractivity contribution < 1.29 is 14.4 Å². The van der Waals surface area contributed by atoms with E-state index in [0.29, 0.717) is 25.9 Å². The molecule has 1 aliphatic carbocycles. The van der Waals surface area contributed by atoms with E-state index in [1.165, 1.54) is 25.7 Å². The fourth-order valence-corrected chi connectivity index (χ4v) is 4.03. The van der Waals surface area contributed by atoms with E-state index < -0.39 is 0 Å². The first-order valence-electron chi connectivity index (χ1n) is 9.96. The van der Waals surface area contributed by atoms with Gasteiger partial charge in [-0.1, -0.05) is 49.0 Å². The molecule has 1 atom stereocenters. The summed E-state index contributed by atoms with van der Waals surface area (Å²) in [7, 11) is 1.65. The van der Waals surface area contributed by atoms with Gasteiger partial charge in [-0.3, -0.25) is 4.79 Å². The van der Waals surface area contributed by atoms with Crippen molar-refractivity contribution in [3.8, 4) is 5.75 Å². The third-order valence-corrected chi connectivity index (χ3v) is 5.52. The Kier molecular flexibility index (Phi) is 6.91. The second kappa shape index (κ2) is 9.58. The third kappa shape index (κ3) is 5.12. The molecule has 146 valence electrons. The van der Waals surface area contributed by atoms with Crippen LogP contribution in [0.1, 0.15) is 50.5 Å². The molecule has 0 spiro atoms. The Morgan fingerprint density at radius 2 is 2.15 bits per heavy atom. The average molecular weight is 370 g/mol. The molecule has 27 heavy (non-hydrogen) atoms. The molecule has 5 heteroatoms. The number of rotatable bonds is 9. The van der Waals surface area contributed by atoms with E-state index in [1.54, 1.807) is 13.2 Å². The zero-order valence-electron chi connectivity index (χ0n) is 16.2. The lowest BCUT2D eigenvalue weighted by Crippen LogP contribution is -2.37. The highest BCUT2D eigenvalue weighted by molar-refractivity contribution is 6.03. The van der Waals surface area contributed by atoms with Crippen LogP contribution >= 0.6 is 0 Å². The van der Waals surface area contributed by atoms with Gasteiger partial charge in [0.15, 0.2) is 6.10 Å². The van der Waals surface area contributed by atoms with Crippen LogP contribution in [0.2, 0.25) is 0 Å². The van der Waals surface area contributed by atoms with Gasteiger partial charge in [0.05, 0.1) is 19.4 Å². The smallest absolute Gasteiger partial charge is 0.222 e. The molecule has 0 N–H and O–H groups in total. The van der Waals surface area contributed by atoms with Crippen LogP contribution in [0, 0.1) is 5.92 Å². The zero-order chi connectivity index (χ0) is 19.1. The van der Waals surface area contributed by atoms with Gasteiger partial charge in [-0.05, 0) is 24.5 Å². The molecule has 1 fully saturated rings. The standard InChI is InChI=1S/C22H30N2O3/c1-3-14-24(22(25)13-12-17-8-4-5-9-17)16-18-15-20(23-27-18)19-10-6-7-11-21(19)26-2/h3,6-7,10-11,17-18H,1,4-5,8-9,12-16H2,2H3/t18-/m0/s1. The SMILES string of the molecule is C=CCN(C[C@@H]1CC(c2ccccc2OC)=NO1)C(=O)CCC1CCCC1. The lowest BCUT2D eigenvalue weighted by molar-refractivity contribution is -0.132. The van der Waals surface area contributed by atoms with Crippen LogP contribution in [0.3, 0.4) is 0 Å². The molecule has 1 heterocycles. The molecule has 1 saturated carbocycles. The van der Waals surface area contributed by atoms with Crippen molar-refractivity contribution in [2.45, 2.75) is 51.0 Å². The third-order valence-electron chi connectivity index (χ3n) is 5.52. The van der Waals surface area contributed by atoms with E-state index in [1.807, 2.05) is 29.2 Å². The molecule has 0 unspecified atom stereocenters. The summed E-state index contributed by atoms with van der Waals surface area (Å²) in [6, 6.07) is 7.80. The molecule has 1 aromatic carbocycles. The van der Waals surface area contributed by atoms with Gasteiger partial charge in [-0.25, -0.2) is 0 Å².